The van der Waals surface area contributed by atoms with Crippen LogP contribution >= 0.6 is 11.8 Å². The molecule has 0 saturated carbocycles. The number of anilines is 1. The molecule has 1 aromatic heterocycles. The maximum absolute atomic E-state index is 12.2. The average molecular weight is 348 g/mol. The van der Waals surface area contributed by atoms with Crippen LogP contribution in [0.1, 0.15) is 19.7 Å². The summed E-state index contributed by atoms with van der Waals surface area (Å²) in [6.45, 7) is 3.88. The molecule has 2 rings (SSSR count). The van der Waals surface area contributed by atoms with Gasteiger partial charge in [0.15, 0.2) is 5.16 Å². The molecule has 0 spiro atoms. The van der Waals surface area contributed by atoms with Gasteiger partial charge in [-0.1, -0.05) is 30.0 Å². The average Bonchev–Trinajstić information content (AvgIpc) is 2.89. The van der Waals surface area contributed by atoms with Gasteiger partial charge >= 0.3 is 5.97 Å². The van der Waals surface area contributed by atoms with Crippen molar-refractivity contribution < 1.29 is 14.3 Å². The molecule has 1 aromatic carbocycles. The van der Waals surface area contributed by atoms with E-state index in [0.29, 0.717) is 17.6 Å². The van der Waals surface area contributed by atoms with Crippen LogP contribution in [0.4, 0.5) is 5.69 Å². The van der Waals surface area contributed by atoms with Crippen molar-refractivity contribution in [2.75, 3.05) is 11.9 Å². The molecule has 1 atom stereocenters. The van der Waals surface area contributed by atoms with Crippen molar-refractivity contribution in [1.82, 2.24) is 14.8 Å². The summed E-state index contributed by atoms with van der Waals surface area (Å²) in [5.74, 6) is 0.0344. The topological polar surface area (TPSA) is 86.1 Å². The van der Waals surface area contributed by atoms with Gasteiger partial charge in [0.2, 0.25) is 5.91 Å². The number of nitrogens with zero attached hydrogens (tertiary/aromatic N) is 3. The second-order valence-electron chi connectivity index (χ2n) is 5.05. The predicted molar refractivity (Wildman–Crippen MR) is 91.7 cm³/mol. The maximum atomic E-state index is 12.2. The van der Waals surface area contributed by atoms with Crippen molar-refractivity contribution in [3.63, 3.8) is 0 Å². The minimum Gasteiger partial charge on any atom is -0.466 e. The first-order valence-electron chi connectivity index (χ1n) is 7.57. The summed E-state index contributed by atoms with van der Waals surface area (Å²) in [6, 6.07) is 9.26. The summed E-state index contributed by atoms with van der Waals surface area (Å²) in [5, 5.41) is 11.1. The zero-order chi connectivity index (χ0) is 17.5. The van der Waals surface area contributed by atoms with Crippen LogP contribution in [0, 0.1) is 0 Å². The summed E-state index contributed by atoms with van der Waals surface area (Å²) in [5.41, 5.74) is 0.746. The molecule has 0 unspecified atom stereocenters. The fourth-order valence-corrected chi connectivity index (χ4v) is 2.75. The van der Waals surface area contributed by atoms with Crippen molar-refractivity contribution in [3.8, 4) is 0 Å². The predicted octanol–water partition coefficient (Wildman–Crippen LogP) is 2.04. The van der Waals surface area contributed by atoms with E-state index >= 15 is 0 Å². The van der Waals surface area contributed by atoms with Gasteiger partial charge in [-0.3, -0.25) is 9.59 Å². The number of benzene rings is 1. The van der Waals surface area contributed by atoms with Crippen LogP contribution < -0.4 is 5.32 Å². The number of rotatable bonds is 7. The molecule has 8 heteroatoms. The first-order valence-corrected chi connectivity index (χ1v) is 8.45. The number of carbonyl (C=O) groups is 2. The molecule has 0 radical (unpaired) electrons. The van der Waals surface area contributed by atoms with Crippen LogP contribution in [-0.4, -0.2) is 38.5 Å². The third-order valence-electron chi connectivity index (χ3n) is 3.23. The van der Waals surface area contributed by atoms with E-state index in [0.717, 1.165) is 5.69 Å². The van der Waals surface area contributed by atoms with Crippen molar-refractivity contribution in [3.05, 3.63) is 36.2 Å². The zero-order valence-corrected chi connectivity index (χ0v) is 14.7. The first kappa shape index (κ1) is 18.0. The van der Waals surface area contributed by atoms with Gasteiger partial charge in [-0.15, -0.1) is 10.2 Å². The summed E-state index contributed by atoms with van der Waals surface area (Å²) in [6.07, 6.45) is 0.0580. The van der Waals surface area contributed by atoms with Crippen LogP contribution in [0.2, 0.25) is 0 Å². The molecule has 0 aliphatic rings. The van der Waals surface area contributed by atoms with Gasteiger partial charge in [0.1, 0.15) is 12.2 Å². The molecule has 0 aliphatic carbocycles. The Kier molecular flexibility index (Phi) is 6.36. The standard InChI is InChI=1S/C16H20N4O3S/c1-4-23-14(21)10-13-18-19-16(20(13)3)24-11(2)15(22)17-12-8-6-5-7-9-12/h5-9,11H,4,10H2,1-3H3,(H,17,22)/t11-/m1/s1. The van der Waals surface area contributed by atoms with Gasteiger partial charge in [0.05, 0.1) is 11.9 Å². The number of thioether (sulfide) groups is 1. The Hall–Kier alpha value is -2.35. The van der Waals surface area contributed by atoms with Gasteiger partial charge in [0.25, 0.3) is 0 Å². The lowest BCUT2D eigenvalue weighted by Crippen LogP contribution is -2.22. The molecule has 24 heavy (non-hydrogen) atoms. The van der Waals surface area contributed by atoms with Gasteiger partial charge < -0.3 is 14.6 Å². The lowest BCUT2D eigenvalue weighted by atomic mass is 10.3. The lowest BCUT2D eigenvalue weighted by molar-refractivity contribution is -0.142. The van der Waals surface area contributed by atoms with E-state index in [1.165, 1.54) is 11.8 Å². The second-order valence-corrected chi connectivity index (χ2v) is 6.36. The maximum Gasteiger partial charge on any atom is 0.313 e. The van der Waals surface area contributed by atoms with E-state index in [1.54, 1.807) is 25.5 Å². The molecule has 7 nitrogen and oxygen atoms in total. The lowest BCUT2D eigenvalue weighted by Gasteiger charge is -2.11. The fourth-order valence-electron chi connectivity index (χ4n) is 1.92. The van der Waals surface area contributed by atoms with E-state index in [4.69, 9.17) is 4.74 Å². The molecule has 0 saturated heterocycles. The fraction of sp³-hybridized carbons (Fsp3) is 0.375. The molecule has 1 N–H and O–H groups in total. The van der Waals surface area contributed by atoms with Gasteiger partial charge in [-0.2, -0.15) is 0 Å². The number of ether oxygens (including phenoxy) is 1. The number of aromatic nitrogens is 3. The van der Waals surface area contributed by atoms with Crippen LogP contribution in [0.15, 0.2) is 35.5 Å². The van der Waals surface area contributed by atoms with E-state index in [9.17, 15) is 9.59 Å². The quantitative estimate of drug-likeness (QED) is 0.609. The summed E-state index contributed by atoms with van der Waals surface area (Å²) >= 11 is 1.28. The molecule has 0 bridgehead atoms. The highest BCUT2D eigenvalue weighted by Crippen LogP contribution is 2.22. The molecule has 0 fully saturated rings. The molecular formula is C16H20N4O3S. The molecular weight excluding hydrogens is 328 g/mol. The van der Waals surface area contributed by atoms with Gasteiger partial charge in [-0.05, 0) is 26.0 Å². The summed E-state index contributed by atoms with van der Waals surface area (Å²) < 4.78 is 6.61. The third-order valence-corrected chi connectivity index (χ3v) is 4.36. The Bertz CT molecular complexity index is 703. The molecule has 2 aromatic rings. The number of nitrogens with one attached hydrogen (secondary N) is 1. The normalized spacial score (nSPS) is 11.8. The SMILES string of the molecule is CCOC(=O)Cc1nnc(S[C@H](C)C(=O)Nc2ccccc2)n1C. The largest absolute Gasteiger partial charge is 0.466 e. The van der Waals surface area contributed by atoms with Crippen LogP contribution in [0.5, 0.6) is 0 Å². The highest BCUT2D eigenvalue weighted by atomic mass is 32.2. The number of amides is 1. The van der Waals surface area contributed by atoms with Crippen molar-refractivity contribution in [2.45, 2.75) is 30.7 Å². The minimum atomic E-state index is -0.358. The summed E-state index contributed by atoms with van der Waals surface area (Å²) in [4.78, 5) is 23.8. The smallest absolute Gasteiger partial charge is 0.313 e. The number of carbonyl (C=O) groups excluding carboxylic acids is 2. The zero-order valence-electron chi connectivity index (χ0n) is 13.9. The summed E-state index contributed by atoms with van der Waals surface area (Å²) in [7, 11) is 1.76. The van der Waals surface area contributed by atoms with Crippen LogP contribution in [0.3, 0.4) is 0 Å². The number of para-hydroxylation sites is 1. The highest BCUT2D eigenvalue weighted by Gasteiger charge is 2.20. The van der Waals surface area contributed by atoms with Crippen molar-refractivity contribution >= 4 is 29.3 Å². The van der Waals surface area contributed by atoms with E-state index in [-0.39, 0.29) is 23.5 Å². The Morgan fingerprint density at radius 2 is 2.00 bits per heavy atom. The molecule has 1 amide bonds. The Balaban J connectivity index is 1.96. The number of esters is 1. The Labute approximate surface area is 144 Å². The van der Waals surface area contributed by atoms with Crippen LogP contribution in [-0.2, 0) is 27.8 Å². The second kappa shape index (κ2) is 8.49. The first-order chi connectivity index (χ1) is 11.5. The number of hydrogen-bond donors (Lipinski definition) is 1. The van der Waals surface area contributed by atoms with Gasteiger partial charge in [0, 0.05) is 12.7 Å². The van der Waals surface area contributed by atoms with E-state index in [1.807, 2.05) is 30.3 Å². The van der Waals surface area contributed by atoms with Gasteiger partial charge in [-0.25, -0.2) is 0 Å². The third kappa shape index (κ3) is 4.82. The van der Waals surface area contributed by atoms with E-state index in [2.05, 4.69) is 15.5 Å². The molecule has 1 heterocycles. The molecule has 128 valence electrons. The Morgan fingerprint density at radius 3 is 2.67 bits per heavy atom. The van der Waals surface area contributed by atoms with Crippen molar-refractivity contribution in [1.29, 1.82) is 0 Å². The number of hydrogen-bond acceptors (Lipinski definition) is 6. The minimum absolute atomic E-state index is 0.0580. The van der Waals surface area contributed by atoms with E-state index < -0.39 is 0 Å². The van der Waals surface area contributed by atoms with Crippen LogP contribution in [0.25, 0.3) is 0 Å². The van der Waals surface area contributed by atoms with Crippen molar-refractivity contribution in [2.24, 2.45) is 7.05 Å². The highest BCUT2D eigenvalue weighted by molar-refractivity contribution is 8.00. The molecule has 0 aliphatic heterocycles. The monoisotopic (exact) mass is 348 g/mol. The Morgan fingerprint density at radius 1 is 1.29 bits per heavy atom.